The van der Waals surface area contributed by atoms with Gasteiger partial charge in [-0.2, -0.15) is 0 Å². The molecule has 11 heteroatoms. The van der Waals surface area contributed by atoms with E-state index in [2.05, 4.69) is 38.7 Å². The molecule has 51 heavy (non-hydrogen) atoms. The van der Waals surface area contributed by atoms with Crippen LogP contribution >= 0.6 is 0 Å². The van der Waals surface area contributed by atoms with Crippen molar-refractivity contribution in [3.05, 3.63) is 24.3 Å². The molecule has 4 unspecified atom stereocenters. The quantitative estimate of drug-likeness (QED) is 0.161. The molecule has 12 atom stereocenters. The first-order valence-electron chi connectivity index (χ1n) is 18.6. The fourth-order valence-corrected chi connectivity index (χ4v) is 11.9. The molecule has 286 valence electrons. The number of carbonyl (C=O) groups is 6. The highest BCUT2D eigenvalue weighted by Gasteiger charge is 2.82. The number of allylic oxidation sites excluding steroid dienone is 2. The standard InChI is InChI=1S/C40H55NO10.3H2/c1-21(19-48-31(45)18-41-35(47)51-36(5,6)7)22(2)33(46)34-25(16-30(44)50-34)32-28(49-24(4)42)17-38(9)29-11-10-26-23(3)27(43)12-13-39(26)20-40(29,39)15-14-37(32,38)8;;;/h12-13,21,23,25-26,28-29,32,34H,2,10-11,14-20H2,1,3-9H3,(H,41,47);3*1H/t21-,23-,25-,26?,28-,29?,32-,34+,37+,38-,39?,40?;;;/m0.../s1. The Bertz CT molecular complexity index is 1590. The van der Waals surface area contributed by atoms with Gasteiger partial charge in [-0.15, -0.1) is 0 Å². The number of fused-ring (bicyclic) bond motifs is 2. The molecule has 1 heterocycles. The molecule has 1 N–H and O–H groups in total. The van der Waals surface area contributed by atoms with Crippen LogP contribution in [0.3, 0.4) is 0 Å². The van der Waals surface area contributed by atoms with Crippen molar-refractivity contribution in [2.45, 2.75) is 118 Å². The molecule has 5 fully saturated rings. The highest BCUT2D eigenvalue weighted by atomic mass is 16.6. The summed E-state index contributed by atoms with van der Waals surface area (Å²) in [6, 6.07) is 0. The molecule has 5 aliphatic carbocycles. The third-order valence-electron chi connectivity index (χ3n) is 14.3. The SMILES string of the molecule is C=C(C(=O)[C@@H]1OC(=O)C[C@H]1[C@H]1[C@@H](OC(C)=O)C[C@@]2(C)C3CCC4[C@H](C)C(=O)C=CC45CC35CC[C@]12C)[C@@H](C)COC(=O)CNC(=O)OC(C)(C)C.[HH].[HH].[HH]. The van der Waals surface area contributed by atoms with Gasteiger partial charge < -0.3 is 24.3 Å². The van der Waals surface area contributed by atoms with Crippen molar-refractivity contribution in [3.8, 4) is 0 Å². The van der Waals surface area contributed by atoms with Gasteiger partial charge >= 0.3 is 24.0 Å². The lowest BCUT2D eigenvalue weighted by Gasteiger charge is -2.61. The lowest BCUT2D eigenvalue weighted by atomic mass is 9.43. The maximum absolute atomic E-state index is 14.1. The van der Waals surface area contributed by atoms with Crippen molar-refractivity contribution in [2.24, 2.45) is 57.2 Å². The molecule has 0 radical (unpaired) electrons. The number of hydrogen-bond acceptors (Lipinski definition) is 10. The molecular weight excluding hydrogens is 654 g/mol. The predicted molar refractivity (Wildman–Crippen MR) is 191 cm³/mol. The Hall–Kier alpha value is -3.50. The highest BCUT2D eigenvalue weighted by molar-refractivity contribution is 6.01. The zero-order valence-corrected chi connectivity index (χ0v) is 31.4. The molecule has 0 aromatic rings. The molecule has 4 saturated carbocycles. The molecule has 0 aromatic heterocycles. The number of cyclic esters (lactones) is 1. The Balaban J connectivity index is 0.00000261. The zero-order valence-electron chi connectivity index (χ0n) is 31.4. The van der Waals surface area contributed by atoms with Crippen molar-refractivity contribution < 1.29 is 52.0 Å². The van der Waals surface area contributed by atoms with Crippen molar-refractivity contribution in [2.75, 3.05) is 13.2 Å². The molecule has 11 nitrogen and oxygen atoms in total. The van der Waals surface area contributed by atoms with Crippen LogP contribution in [-0.2, 0) is 42.9 Å². The first-order valence-corrected chi connectivity index (χ1v) is 18.6. The number of rotatable bonds is 9. The van der Waals surface area contributed by atoms with Gasteiger partial charge in [0.2, 0.25) is 0 Å². The van der Waals surface area contributed by atoms with Gasteiger partial charge in [-0.3, -0.25) is 24.0 Å². The molecule has 1 aliphatic heterocycles. The molecule has 1 amide bonds. The van der Waals surface area contributed by atoms with Crippen LogP contribution in [0.25, 0.3) is 0 Å². The number of esters is 3. The number of Topliss-reactive ketones (excluding diaryl/α,β-unsaturated/α-hetero) is 1. The summed E-state index contributed by atoms with van der Waals surface area (Å²) in [6.07, 6.45) is 7.23. The lowest BCUT2D eigenvalue weighted by Crippen LogP contribution is -2.56. The second-order valence-corrected chi connectivity index (χ2v) is 18.0. The van der Waals surface area contributed by atoms with E-state index in [1.54, 1.807) is 27.7 Å². The van der Waals surface area contributed by atoms with Gasteiger partial charge in [0.15, 0.2) is 17.7 Å². The van der Waals surface area contributed by atoms with Crippen LogP contribution in [0.2, 0.25) is 0 Å². The van der Waals surface area contributed by atoms with E-state index in [1.807, 2.05) is 6.08 Å². The maximum atomic E-state index is 14.1. The Morgan fingerprint density at radius 2 is 1.82 bits per heavy atom. The van der Waals surface area contributed by atoms with Gasteiger partial charge in [0.25, 0.3) is 0 Å². The number of ether oxygens (including phenoxy) is 4. The van der Waals surface area contributed by atoms with E-state index >= 15 is 0 Å². The number of ketones is 2. The summed E-state index contributed by atoms with van der Waals surface area (Å²) >= 11 is 0. The van der Waals surface area contributed by atoms with E-state index in [1.165, 1.54) is 6.92 Å². The van der Waals surface area contributed by atoms with Gasteiger partial charge in [0.1, 0.15) is 18.2 Å². The topological polar surface area (TPSA) is 151 Å². The Morgan fingerprint density at radius 1 is 1.12 bits per heavy atom. The van der Waals surface area contributed by atoms with Crippen molar-refractivity contribution >= 4 is 35.6 Å². The Kier molecular flexibility index (Phi) is 9.19. The summed E-state index contributed by atoms with van der Waals surface area (Å²) < 4.78 is 22.4. The van der Waals surface area contributed by atoms with E-state index in [4.69, 9.17) is 18.9 Å². The van der Waals surface area contributed by atoms with E-state index in [-0.39, 0.29) is 62.2 Å². The summed E-state index contributed by atoms with van der Waals surface area (Å²) in [7, 11) is 0. The van der Waals surface area contributed by atoms with Crippen LogP contribution in [0.15, 0.2) is 24.3 Å². The fourth-order valence-electron chi connectivity index (χ4n) is 11.9. The lowest BCUT2D eigenvalue weighted by molar-refractivity contribution is -0.155. The summed E-state index contributed by atoms with van der Waals surface area (Å²) in [5.74, 6) is -2.51. The Morgan fingerprint density at radius 3 is 2.49 bits per heavy atom. The third kappa shape index (κ3) is 5.94. The van der Waals surface area contributed by atoms with Gasteiger partial charge in [-0.05, 0) is 104 Å². The van der Waals surface area contributed by atoms with Crippen LogP contribution in [0.5, 0.6) is 0 Å². The zero-order chi connectivity index (χ0) is 37.5. The highest BCUT2D eigenvalue weighted by Crippen LogP contribution is 2.87. The minimum Gasteiger partial charge on any atom is -0.464 e. The molecule has 6 aliphatic rings. The monoisotopic (exact) mass is 715 g/mol. The fraction of sp³-hybridized carbons (Fsp3) is 0.750. The number of amides is 1. The van der Waals surface area contributed by atoms with Crippen molar-refractivity contribution in [3.63, 3.8) is 0 Å². The first-order chi connectivity index (χ1) is 23.7. The Labute approximate surface area is 305 Å². The van der Waals surface area contributed by atoms with Crippen LogP contribution in [-0.4, -0.2) is 66.5 Å². The van der Waals surface area contributed by atoms with Gasteiger partial charge in [0.05, 0.1) is 13.0 Å². The van der Waals surface area contributed by atoms with Gasteiger partial charge in [-0.1, -0.05) is 40.3 Å². The van der Waals surface area contributed by atoms with E-state index in [9.17, 15) is 28.8 Å². The van der Waals surface area contributed by atoms with Crippen molar-refractivity contribution in [1.82, 2.24) is 5.32 Å². The van der Waals surface area contributed by atoms with E-state index < -0.39 is 66.0 Å². The van der Waals surface area contributed by atoms with Crippen LogP contribution < -0.4 is 5.32 Å². The van der Waals surface area contributed by atoms with E-state index in [0.717, 1.165) is 32.1 Å². The van der Waals surface area contributed by atoms with Gasteiger partial charge in [-0.25, -0.2) is 4.79 Å². The normalized spacial score (nSPS) is 41.1. The molecular formula is C40H61NO10. The summed E-state index contributed by atoms with van der Waals surface area (Å²) in [6.45, 7) is 18.4. The second-order valence-electron chi connectivity index (χ2n) is 18.0. The van der Waals surface area contributed by atoms with E-state index in [0.29, 0.717) is 18.3 Å². The molecule has 2 spiro atoms. The average molecular weight is 716 g/mol. The summed E-state index contributed by atoms with van der Waals surface area (Å²) in [4.78, 5) is 76.8. The average Bonchev–Trinajstić information content (AvgIpc) is 3.46. The number of carbonyl (C=O) groups excluding carboxylic acids is 6. The van der Waals surface area contributed by atoms with Crippen LogP contribution in [0.4, 0.5) is 4.79 Å². The van der Waals surface area contributed by atoms with Crippen molar-refractivity contribution in [1.29, 1.82) is 0 Å². The third-order valence-corrected chi connectivity index (χ3v) is 14.3. The molecule has 0 bridgehead atoms. The van der Waals surface area contributed by atoms with Crippen LogP contribution in [0, 0.1) is 57.2 Å². The number of alkyl carbamates (subject to hydrolysis) is 1. The summed E-state index contributed by atoms with van der Waals surface area (Å²) in [5.41, 5.74) is -1.05. The summed E-state index contributed by atoms with van der Waals surface area (Å²) in [5, 5.41) is 2.35. The molecule has 0 aromatic carbocycles. The predicted octanol–water partition coefficient (Wildman–Crippen LogP) is 6.42. The second kappa shape index (κ2) is 12.6. The maximum Gasteiger partial charge on any atom is 0.408 e. The minimum atomic E-state index is -1.11. The van der Waals surface area contributed by atoms with Gasteiger partial charge in [0, 0.05) is 34.9 Å². The smallest absolute Gasteiger partial charge is 0.408 e. The number of hydrogen-bond donors (Lipinski definition) is 1. The minimum absolute atomic E-state index is 0. The largest absolute Gasteiger partial charge is 0.464 e. The molecule has 6 rings (SSSR count). The molecule has 1 saturated heterocycles. The first kappa shape index (κ1) is 37.3. The number of nitrogens with one attached hydrogen (secondary N) is 1. The van der Waals surface area contributed by atoms with Crippen LogP contribution in [0.1, 0.15) is 105 Å².